The molecule has 0 aromatic carbocycles. The molecule has 0 bridgehead atoms. The smallest absolute Gasteiger partial charge is 0.290 e. The molecule has 0 spiro atoms. The van der Waals surface area contributed by atoms with Crippen LogP contribution in [0.4, 0.5) is 0 Å². The lowest BCUT2D eigenvalue weighted by Gasteiger charge is -2.29. The summed E-state index contributed by atoms with van der Waals surface area (Å²) in [5.41, 5.74) is 1.99. The van der Waals surface area contributed by atoms with Gasteiger partial charge < -0.3 is 9.32 Å². The van der Waals surface area contributed by atoms with E-state index in [1.807, 2.05) is 19.2 Å². The maximum Gasteiger partial charge on any atom is 0.290 e. The van der Waals surface area contributed by atoms with E-state index in [0.29, 0.717) is 18.8 Å². The van der Waals surface area contributed by atoms with Crippen molar-refractivity contribution in [3.63, 3.8) is 0 Å². The summed E-state index contributed by atoms with van der Waals surface area (Å²) in [6.07, 6.45) is 5.12. The van der Waals surface area contributed by atoms with E-state index in [2.05, 4.69) is 21.8 Å². The minimum absolute atomic E-state index is 0.0698. The molecule has 26 heavy (non-hydrogen) atoms. The fourth-order valence-electron chi connectivity index (χ4n) is 3.68. The summed E-state index contributed by atoms with van der Waals surface area (Å²) in [5.74, 6) is 2.86. The van der Waals surface area contributed by atoms with E-state index in [1.165, 1.54) is 12.8 Å². The topological polar surface area (TPSA) is 62.5 Å². The zero-order valence-electron chi connectivity index (χ0n) is 15.6. The van der Waals surface area contributed by atoms with Gasteiger partial charge in [0, 0.05) is 24.7 Å². The average Bonchev–Trinajstić information content (AvgIpc) is 3.29. The molecule has 0 radical (unpaired) electrons. The average molecular weight is 354 g/mol. The van der Waals surface area contributed by atoms with Crippen LogP contribution in [0.25, 0.3) is 0 Å². The second kappa shape index (κ2) is 7.19. The number of carbonyl (C=O) groups excluding carboxylic acids is 1. The second-order valence-corrected chi connectivity index (χ2v) is 7.50. The number of nitrogens with zero attached hydrogens (tertiary/aromatic N) is 4. The SMILES string of the molecule is CCc1ncc2c(n1)CN(C(=O)c1ccc(CN3CCC(C)CC3)o1)C2. The molecule has 0 saturated carbocycles. The number of piperidine rings is 1. The van der Waals surface area contributed by atoms with Gasteiger partial charge in [-0.2, -0.15) is 0 Å². The standard InChI is InChI=1S/C20H26N4O2/c1-3-19-21-10-15-11-24(13-17(15)22-19)20(25)18-5-4-16(26-18)12-23-8-6-14(2)7-9-23/h4-5,10,14H,3,6-9,11-13H2,1-2H3. The summed E-state index contributed by atoms with van der Waals surface area (Å²) in [5, 5.41) is 0. The van der Waals surface area contributed by atoms with E-state index in [-0.39, 0.29) is 5.91 Å². The fraction of sp³-hybridized carbons (Fsp3) is 0.550. The van der Waals surface area contributed by atoms with Gasteiger partial charge in [-0.25, -0.2) is 9.97 Å². The van der Waals surface area contributed by atoms with Crippen LogP contribution in [0.1, 0.15) is 60.1 Å². The maximum absolute atomic E-state index is 12.8. The van der Waals surface area contributed by atoms with Crippen LogP contribution < -0.4 is 0 Å². The predicted octanol–water partition coefficient (Wildman–Crippen LogP) is 3.02. The Morgan fingerprint density at radius 3 is 2.85 bits per heavy atom. The predicted molar refractivity (Wildman–Crippen MR) is 97.4 cm³/mol. The Morgan fingerprint density at radius 1 is 1.27 bits per heavy atom. The molecule has 0 aliphatic carbocycles. The molecule has 1 fully saturated rings. The Labute approximate surface area is 154 Å². The number of likely N-dealkylation sites (tertiary alicyclic amines) is 1. The number of fused-ring (bicyclic) bond motifs is 1. The van der Waals surface area contributed by atoms with Crippen molar-refractivity contribution in [3.05, 3.63) is 46.9 Å². The highest BCUT2D eigenvalue weighted by molar-refractivity contribution is 5.91. The summed E-state index contributed by atoms with van der Waals surface area (Å²) < 4.78 is 5.86. The molecule has 0 N–H and O–H groups in total. The fourth-order valence-corrected chi connectivity index (χ4v) is 3.68. The lowest BCUT2D eigenvalue weighted by Crippen LogP contribution is -2.32. The number of carbonyl (C=O) groups is 1. The molecular formula is C20H26N4O2. The first-order valence-corrected chi connectivity index (χ1v) is 9.56. The molecule has 6 heteroatoms. The number of amides is 1. The molecule has 138 valence electrons. The van der Waals surface area contributed by atoms with Crippen molar-refractivity contribution in [2.75, 3.05) is 13.1 Å². The molecule has 6 nitrogen and oxygen atoms in total. The molecule has 4 heterocycles. The molecule has 2 aliphatic rings. The highest BCUT2D eigenvalue weighted by atomic mass is 16.4. The van der Waals surface area contributed by atoms with E-state index in [9.17, 15) is 4.79 Å². The van der Waals surface area contributed by atoms with Crippen LogP contribution in [0.15, 0.2) is 22.7 Å². The first kappa shape index (κ1) is 17.2. The van der Waals surface area contributed by atoms with E-state index in [1.54, 1.807) is 11.0 Å². The molecular weight excluding hydrogens is 328 g/mol. The van der Waals surface area contributed by atoms with E-state index < -0.39 is 0 Å². The van der Waals surface area contributed by atoms with Gasteiger partial charge >= 0.3 is 0 Å². The monoisotopic (exact) mass is 354 g/mol. The molecule has 2 aromatic heterocycles. The van der Waals surface area contributed by atoms with Gasteiger partial charge in [0.2, 0.25) is 0 Å². The van der Waals surface area contributed by atoms with E-state index >= 15 is 0 Å². The molecule has 1 amide bonds. The van der Waals surface area contributed by atoms with Gasteiger partial charge in [0.1, 0.15) is 11.6 Å². The van der Waals surface area contributed by atoms with Gasteiger partial charge in [-0.15, -0.1) is 0 Å². The number of hydrogen-bond acceptors (Lipinski definition) is 5. The summed E-state index contributed by atoms with van der Waals surface area (Å²) >= 11 is 0. The molecule has 2 aromatic rings. The van der Waals surface area contributed by atoms with Gasteiger partial charge in [0.05, 0.1) is 18.8 Å². The van der Waals surface area contributed by atoms with Crippen LogP contribution in [0.5, 0.6) is 0 Å². The minimum atomic E-state index is -0.0698. The van der Waals surface area contributed by atoms with Crippen LogP contribution in [-0.4, -0.2) is 38.8 Å². The van der Waals surface area contributed by atoms with Crippen LogP contribution >= 0.6 is 0 Å². The van der Waals surface area contributed by atoms with Crippen molar-refractivity contribution in [2.45, 2.75) is 52.7 Å². The number of hydrogen-bond donors (Lipinski definition) is 0. The molecule has 0 unspecified atom stereocenters. The van der Waals surface area contributed by atoms with Gasteiger partial charge in [0.25, 0.3) is 5.91 Å². The number of aromatic nitrogens is 2. The zero-order valence-corrected chi connectivity index (χ0v) is 15.6. The third-order valence-corrected chi connectivity index (χ3v) is 5.44. The van der Waals surface area contributed by atoms with Gasteiger partial charge in [-0.05, 0) is 44.0 Å². The summed E-state index contributed by atoms with van der Waals surface area (Å²) in [7, 11) is 0. The zero-order chi connectivity index (χ0) is 18.1. The van der Waals surface area contributed by atoms with Crippen molar-refractivity contribution in [1.29, 1.82) is 0 Å². The van der Waals surface area contributed by atoms with Crippen LogP contribution in [0.2, 0.25) is 0 Å². The van der Waals surface area contributed by atoms with Gasteiger partial charge in [-0.3, -0.25) is 9.69 Å². The summed E-state index contributed by atoms with van der Waals surface area (Å²) in [6.45, 7) is 8.42. The highest BCUT2D eigenvalue weighted by Crippen LogP contribution is 2.24. The number of rotatable bonds is 4. The Morgan fingerprint density at radius 2 is 2.08 bits per heavy atom. The lowest BCUT2D eigenvalue weighted by atomic mass is 9.99. The first-order chi connectivity index (χ1) is 12.6. The minimum Gasteiger partial charge on any atom is -0.455 e. The lowest BCUT2D eigenvalue weighted by molar-refractivity contribution is 0.0713. The highest BCUT2D eigenvalue weighted by Gasteiger charge is 2.28. The van der Waals surface area contributed by atoms with Crippen molar-refractivity contribution >= 4 is 5.91 Å². The quantitative estimate of drug-likeness (QED) is 0.844. The molecule has 1 saturated heterocycles. The van der Waals surface area contributed by atoms with E-state index in [0.717, 1.165) is 54.8 Å². The van der Waals surface area contributed by atoms with Gasteiger partial charge in [0.15, 0.2) is 5.76 Å². The molecule has 4 rings (SSSR count). The third kappa shape index (κ3) is 3.51. The number of furan rings is 1. The van der Waals surface area contributed by atoms with Crippen molar-refractivity contribution in [1.82, 2.24) is 19.8 Å². The maximum atomic E-state index is 12.8. The van der Waals surface area contributed by atoms with Crippen LogP contribution in [-0.2, 0) is 26.1 Å². The second-order valence-electron chi connectivity index (χ2n) is 7.50. The Hall–Kier alpha value is -2.21. The summed E-state index contributed by atoms with van der Waals surface area (Å²) in [4.78, 5) is 25.9. The Balaban J connectivity index is 1.39. The van der Waals surface area contributed by atoms with Crippen molar-refractivity contribution < 1.29 is 9.21 Å². The number of aryl methyl sites for hydroxylation is 1. The largest absolute Gasteiger partial charge is 0.455 e. The first-order valence-electron chi connectivity index (χ1n) is 9.56. The third-order valence-electron chi connectivity index (χ3n) is 5.44. The molecule has 2 aliphatic heterocycles. The van der Waals surface area contributed by atoms with Crippen molar-refractivity contribution in [3.8, 4) is 0 Å². The normalized spacial score (nSPS) is 18.3. The summed E-state index contributed by atoms with van der Waals surface area (Å²) in [6, 6.07) is 3.74. The van der Waals surface area contributed by atoms with Crippen LogP contribution in [0, 0.1) is 5.92 Å². The van der Waals surface area contributed by atoms with Crippen molar-refractivity contribution in [2.24, 2.45) is 5.92 Å². The molecule has 0 atom stereocenters. The van der Waals surface area contributed by atoms with Gasteiger partial charge in [-0.1, -0.05) is 13.8 Å². The van der Waals surface area contributed by atoms with E-state index in [4.69, 9.17) is 4.42 Å². The van der Waals surface area contributed by atoms with Crippen LogP contribution in [0.3, 0.4) is 0 Å². The Bertz CT molecular complexity index is 793. The Kier molecular flexibility index (Phi) is 4.76.